The Hall–Kier alpha value is -2.04. The number of fused-ring (bicyclic) bond motifs is 3. The van der Waals surface area contributed by atoms with E-state index in [1.54, 1.807) is 0 Å². The third-order valence-electron chi connectivity index (χ3n) is 4.39. The van der Waals surface area contributed by atoms with Crippen LogP contribution in [0.4, 0.5) is 0 Å². The van der Waals surface area contributed by atoms with E-state index in [1.165, 1.54) is 0 Å². The van der Waals surface area contributed by atoms with E-state index in [4.69, 9.17) is 14.2 Å². The first kappa shape index (κ1) is 14.5. The number of nitrogens with one attached hydrogen (secondary N) is 1. The zero-order chi connectivity index (χ0) is 15.5. The summed E-state index contributed by atoms with van der Waals surface area (Å²) in [5, 5.41) is 3.53. The van der Waals surface area contributed by atoms with E-state index < -0.39 is 0 Å². The second kappa shape index (κ2) is 6.60. The highest BCUT2D eigenvalue weighted by molar-refractivity contribution is 5.43. The highest BCUT2D eigenvalue weighted by Gasteiger charge is 2.32. The maximum absolute atomic E-state index is 6.01. The van der Waals surface area contributed by atoms with Gasteiger partial charge in [-0.2, -0.15) is 0 Å². The molecule has 2 atom stereocenters. The third kappa shape index (κ3) is 3.19. The molecule has 4 heteroatoms. The minimum atomic E-state index is 0.0431. The Balaban J connectivity index is 1.55. The molecule has 0 aromatic heterocycles. The number of hydrogen-bond donors (Lipinski definition) is 1. The zero-order valence-electron chi connectivity index (χ0n) is 13.0. The van der Waals surface area contributed by atoms with Crippen LogP contribution in [0.3, 0.4) is 0 Å². The topological polar surface area (TPSA) is 39.7 Å². The van der Waals surface area contributed by atoms with Gasteiger partial charge in [0, 0.05) is 18.2 Å². The van der Waals surface area contributed by atoms with Gasteiger partial charge in [0.05, 0.1) is 13.2 Å². The van der Waals surface area contributed by atoms with E-state index in [9.17, 15) is 0 Å². The summed E-state index contributed by atoms with van der Waals surface area (Å²) in [6.07, 6.45) is 1.00. The largest absolute Gasteiger partial charge is 0.493 e. The second-order valence-corrected chi connectivity index (χ2v) is 5.96. The van der Waals surface area contributed by atoms with E-state index in [1.807, 2.05) is 30.3 Å². The molecule has 0 bridgehead atoms. The minimum absolute atomic E-state index is 0.0431. The quantitative estimate of drug-likeness (QED) is 0.945. The van der Waals surface area contributed by atoms with Crippen molar-refractivity contribution in [2.75, 3.05) is 19.8 Å². The van der Waals surface area contributed by atoms with E-state index in [0.29, 0.717) is 12.6 Å². The van der Waals surface area contributed by atoms with Gasteiger partial charge in [0.25, 0.3) is 0 Å². The molecule has 120 valence electrons. The molecule has 0 radical (unpaired) electrons. The second-order valence-electron chi connectivity index (χ2n) is 5.96. The first-order valence-corrected chi connectivity index (χ1v) is 8.18. The molecule has 4 rings (SSSR count). The molecule has 23 heavy (non-hydrogen) atoms. The third-order valence-corrected chi connectivity index (χ3v) is 4.39. The van der Waals surface area contributed by atoms with Crippen molar-refractivity contribution in [1.29, 1.82) is 0 Å². The van der Waals surface area contributed by atoms with E-state index >= 15 is 0 Å². The Morgan fingerprint density at radius 2 is 2.00 bits per heavy atom. The lowest BCUT2D eigenvalue weighted by Gasteiger charge is -2.31. The van der Waals surface area contributed by atoms with Gasteiger partial charge in [0.1, 0.15) is 24.2 Å². The highest BCUT2D eigenvalue weighted by Crippen LogP contribution is 2.37. The molecule has 2 heterocycles. The van der Waals surface area contributed by atoms with E-state index in [2.05, 4.69) is 23.5 Å². The predicted octanol–water partition coefficient (Wildman–Crippen LogP) is 3.08. The summed E-state index contributed by atoms with van der Waals surface area (Å²) >= 11 is 0. The number of benzene rings is 2. The molecule has 0 spiro atoms. The predicted molar refractivity (Wildman–Crippen MR) is 87.8 cm³/mol. The molecule has 1 saturated heterocycles. The summed E-state index contributed by atoms with van der Waals surface area (Å²) in [5.74, 6) is 1.76. The van der Waals surface area contributed by atoms with Gasteiger partial charge in [0.15, 0.2) is 0 Å². The average molecular weight is 311 g/mol. The molecule has 2 aliphatic rings. The lowest BCUT2D eigenvalue weighted by Crippen LogP contribution is -2.43. The monoisotopic (exact) mass is 311 g/mol. The Kier molecular flexibility index (Phi) is 4.18. The van der Waals surface area contributed by atoms with Crippen molar-refractivity contribution in [2.45, 2.75) is 25.2 Å². The Morgan fingerprint density at radius 1 is 1.09 bits per heavy atom. The maximum atomic E-state index is 6.01. The van der Waals surface area contributed by atoms with Crippen LogP contribution < -0.4 is 14.8 Å². The average Bonchev–Trinajstić information content (AvgIpc) is 2.80. The molecule has 1 N–H and O–H groups in total. The van der Waals surface area contributed by atoms with Gasteiger partial charge in [-0.25, -0.2) is 0 Å². The fourth-order valence-electron chi connectivity index (χ4n) is 3.22. The normalized spacial score (nSPS) is 23.1. The van der Waals surface area contributed by atoms with Gasteiger partial charge in [-0.1, -0.05) is 30.3 Å². The lowest BCUT2D eigenvalue weighted by molar-refractivity contribution is -0.00596. The molecule has 2 aromatic carbocycles. The molecule has 0 amide bonds. The summed E-state index contributed by atoms with van der Waals surface area (Å²) in [6, 6.07) is 16.5. The molecule has 2 aromatic rings. The van der Waals surface area contributed by atoms with Crippen LogP contribution in [0.15, 0.2) is 48.5 Å². The lowest BCUT2D eigenvalue weighted by atomic mass is 9.98. The van der Waals surface area contributed by atoms with Crippen LogP contribution in [0.1, 0.15) is 23.7 Å². The van der Waals surface area contributed by atoms with Crippen LogP contribution in [0.25, 0.3) is 0 Å². The molecule has 4 nitrogen and oxygen atoms in total. The minimum Gasteiger partial charge on any atom is -0.493 e. The molecular formula is C19H21NO3. The van der Waals surface area contributed by atoms with Gasteiger partial charge in [-0.3, -0.25) is 0 Å². The standard InChI is InChI=1S/C19H21NO3/c1-2-4-14(5-3-1)13-23-15-6-7-18-16(12-15)19-17(8-10-21-18)20-9-11-22-19/h1-7,12,17,19-20H,8-11,13H2/t17-,19-/m0/s1. The van der Waals surface area contributed by atoms with Crippen molar-refractivity contribution in [3.8, 4) is 11.5 Å². The van der Waals surface area contributed by atoms with Gasteiger partial charge in [-0.15, -0.1) is 0 Å². The van der Waals surface area contributed by atoms with Crippen LogP contribution in [0, 0.1) is 0 Å². The SMILES string of the molecule is c1ccc(COc2ccc3c(c2)[C@@H]2OCCN[C@H]2CCO3)cc1. The fraction of sp³-hybridized carbons (Fsp3) is 0.368. The molecular weight excluding hydrogens is 290 g/mol. The van der Waals surface area contributed by atoms with Gasteiger partial charge < -0.3 is 19.5 Å². The van der Waals surface area contributed by atoms with Crippen LogP contribution >= 0.6 is 0 Å². The summed E-state index contributed by atoms with van der Waals surface area (Å²) in [4.78, 5) is 0. The van der Waals surface area contributed by atoms with Gasteiger partial charge in [-0.05, 0) is 30.2 Å². The first-order chi connectivity index (χ1) is 11.4. The summed E-state index contributed by atoms with van der Waals surface area (Å²) in [5.41, 5.74) is 2.25. The number of rotatable bonds is 3. The van der Waals surface area contributed by atoms with Crippen molar-refractivity contribution in [3.05, 3.63) is 59.7 Å². The zero-order valence-corrected chi connectivity index (χ0v) is 13.0. The first-order valence-electron chi connectivity index (χ1n) is 8.18. The van der Waals surface area contributed by atoms with Crippen LogP contribution in [-0.4, -0.2) is 25.8 Å². The van der Waals surface area contributed by atoms with Crippen molar-refractivity contribution < 1.29 is 14.2 Å². The van der Waals surface area contributed by atoms with Crippen molar-refractivity contribution in [3.63, 3.8) is 0 Å². The van der Waals surface area contributed by atoms with Crippen molar-refractivity contribution in [1.82, 2.24) is 5.32 Å². The number of morpholine rings is 1. The van der Waals surface area contributed by atoms with Gasteiger partial charge in [0.2, 0.25) is 0 Å². The molecule has 0 aliphatic carbocycles. The number of ether oxygens (including phenoxy) is 3. The van der Waals surface area contributed by atoms with Gasteiger partial charge >= 0.3 is 0 Å². The summed E-state index contributed by atoms with van der Waals surface area (Å²) in [7, 11) is 0. The van der Waals surface area contributed by atoms with E-state index in [0.717, 1.165) is 48.8 Å². The summed E-state index contributed by atoms with van der Waals surface area (Å²) < 4.78 is 17.8. The summed E-state index contributed by atoms with van der Waals surface area (Å²) in [6.45, 7) is 2.92. The van der Waals surface area contributed by atoms with Crippen molar-refractivity contribution in [2.24, 2.45) is 0 Å². The smallest absolute Gasteiger partial charge is 0.125 e. The number of hydrogen-bond acceptors (Lipinski definition) is 4. The highest BCUT2D eigenvalue weighted by atomic mass is 16.5. The van der Waals surface area contributed by atoms with Crippen LogP contribution in [0.2, 0.25) is 0 Å². The maximum Gasteiger partial charge on any atom is 0.125 e. The molecule has 1 fully saturated rings. The fourth-order valence-corrected chi connectivity index (χ4v) is 3.22. The molecule has 2 aliphatic heterocycles. The van der Waals surface area contributed by atoms with Crippen molar-refractivity contribution >= 4 is 0 Å². The Morgan fingerprint density at radius 3 is 2.91 bits per heavy atom. The van der Waals surface area contributed by atoms with E-state index in [-0.39, 0.29) is 6.10 Å². The van der Waals surface area contributed by atoms with Crippen LogP contribution in [-0.2, 0) is 11.3 Å². The Bertz CT molecular complexity index is 659. The molecule has 0 unspecified atom stereocenters. The molecule has 0 saturated carbocycles. The Labute approximate surface area is 136 Å². The van der Waals surface area contributed by atoms with Crippen LogP contribution in [0.5, 0.6) is 11.5 Å².